The molecular formula is C17H28O5S. The zero-order valence-corrected chi connectivity index (χ0v) is 15.2. The van der Waals surface area contributed by atoms with E-state index in [2.05, 4.69) is 20.8 Å². The summed E-state index contributed by atoms with van der Waals surface area (Å²) in [6.07, 6.45) is 3.28. The minimum atomic E-state index is -0.453. The van der Waals surface area contributed by atoms with Crippen molar-refractivity contribution in [1.82, 2.24) is 0 Å². The molecule has 0 amide bonds. The number of carbonyl (C=O) groups is 1. The molecule has 3 rings (SSSR count). The Balaban J connectivity index is 1.48. The van der Waals surface area contributed by atoms with E-state index in [1.807, 2.05) is 0 Å². The van der Waals surface area contributed by atoms with E-state index in [4.69, 9.17) is 18.9 Å². The van der Waals surface area contributed by atoms with Crippen LogP contribution in [0, 0.1) is 17.8 Å². The molecule has 0 spiro atoms. The van der Waals surface area contributed by atoms with Crippen molar-refractivity contribution in [2.24, 2.45) is 17.8 Å². The van der Waals surface area contributed by atoms with Crippen LogP contribution in [-0.2, 0) is 23.7 Å². The molecule has 132 valence electrons. The normalized spacial score (nSPS) is 43.6. The lowest BCUT2D eigenvalue weighted by Crippen LogP contribution is -2.35. The lowest BCUT2D eigenvalue weighted by atomic mass is 9.75. The molecule has 0 aromatic heterocycles. The number of esters is 1. The van der Waals surface area contributed by atoms with Crippen molar-refractivity contribution >= 4 is 17.7 Å². The van der Waals surface area contributed by atoms with Gasteiger partial charge in [-0.1, -0.05) is 27.2 Å². The van der Waals surface area contributed by atoms with Crippen LogP contribution in [-0.4, -0.2) is 41.9 Å². The molecule has 0 aromatic carbocycles. The zero-order chi connectivity index (χ0) is 16.6. The van der Waals surface area contributed by atoms with Gasteiger partial charge in [0, 0.05) is 6.92 Å². The monoisotopic (exact) mass is 344 g/mol. The summed E-state index contributed by atoms with van der Waals surface area (Å²) in [5, 5.41) is 0. The molecule has 23 heavy (non-hydrogen) atoms. The smallest absolute Gasteiger partial charge is 0.304 e. The lowest BCUT2D eigenvalue weighted by molar-refractivity contribution is -0.171. The van der Waals surface area contributed by atoms with Crippen LogP contribution in [0.2, 0.25) is 0 Å². The van der Waals surface area contributed by atoms with Gasteiger partial charge in [-0.2, -0.15) is 0 Å². The Morgan fingerprint density at radius 2 is 2.04 bits per heavy atom. The first kappa shape index (κ1) is 17.5. The van der Waals surface area contributed by atoms with Gasteiger partial charge in [0.1, 0.15) is 11.5 Å². The van der Waals surface area contributed by atoms with Gasteiger partial charge in [-0.15, -0.1) is 11.8 Å². The van der Waals surface area contributed by atoms with Crippen molar-refractivity contribution in [3.8, 4) is 0 Å². The Kier molecular flexibility index (Phi) is 5.56. The number of ether oxygens (including phenoxy) is 4. The van der Waals surface area contributed by atoms with E-state index in [1.165, 1.54) is 19.8 Å². The van der Waals surface area contributed by atoms with Crippen molar-refractivity contribution in [3.63, 3.8) is 0 Å². The van der Waals surface area contributed by atoms with E-state index in [0.717, 1.165) is 12.3 Å². The standard InChI is InChI=1S/C17H28O5S/c1-9(2)12-6-5-10(3)7-13(12)20-16-15(22-16)17-21-14(8-23-17)19-11(4)18/h9-10,12-17H,5-8H2,1-4H3/t10-,12+,13-,14-,15?,16?,17-/m1/s1. The molecule has 1 saturated carbocycles. The van der Waals surface area contributed by atoms with E-state index in [1.54, 1.807) is 11.8 Å². The van der Waals surface area contributed by atoms with Gasteiger partial charge >= 0.3 is 5.97 Å². The maximum atomic E-state index is 11.0. The average Bonchev–Trinajstić information content (AvgIpc) is 3.06. The summed E-state index contributed by atoms with van der Waals surface area (Å²) in [4.78, 5) is 11.0. The first-order chi connectivity index (χ1) is 10.9. The second-order valence-electron chi connectivity index (χ2n) is 7.35. The maximum Gasteiger partial charge on any atom is 0.304 e. The van der Waals surface area contributed by atoms with Crippen LogP contribution in [0.5, 0.6) is 0 Å². The highest BCUT2D eigenvalue weighted by atomic mass is 32.2. The fraction of sp³-hybridized carbons (Fsp3) is 0.941. The summed E-state index contributed by atoms with van der Waals surface area (Å²) in [7, 11) is 0. The van der Waals surface area contributed by atoms with E-state index in [9.17, 15) is 4.79 Å². The Hall–Kier alpha value is -0.300. The van der Waals surface area contributed by atoms with Crippen molar-refractivity contribution < 1.29 is 23.7 Å². The molecule has 0 radical (unpaired) electrons. The molecule has 6 heteroatoms. The molecule has 5 nitrogen and oxygen atoms in total. The molecular weight excluding hydrogens is 316 g/mol. The fourth-order valence-electron chi connectivity index (χ4n) is 3.68. The first-order valence-corrected chi connectivity index (χ1v) is 9.74. The van der Waals surface area contributed by atoms with E-state index in [0.29, 0.717) is 17.6 Å². The molecule has 0 N–H and O–H groups in total. The molecule has 3 aliphatic rings. The maximum absolute atomic E-state index is 11.0. The average molecular weight is 344 g/mol. The Bertz CT molecular complexity index is 429. The molecule has 2 unspecified atom stereocenters. The first-order valence-electron chi connectivity index (χ1n) is 8.69. The highest BCUT2D eigenvalue weighted by molar-refractivity contribution is 8.00. The van der Waals surface area contributed by atoms with E-state index < -0.39 is 6.29 Å². The topological polar surface area (TPSA) is 57.3 Å². The SMILES string of the molecule is CC(=O)O[C@H]1CS[C@H](C2OC2O[C@@H]2C[C@H](C)CC[C@H]2C(C)C)O1. The summed E-state index contributed by atoms with van der Waals surface area (Å²) >= 11 is 1.63. The van der Waals surface area contributed by atoms with Crippen molar-refractivity contribution in [3.05, 3.63) is 0 Å². The third kappa shape index (κ3) is 4.41. The number of hydrogen-bond donors (Lipinski definition) is 0. The number of thioether (sulfide) groups is 1. The van der Waals surface area contributed by atoms with Gasteiger partial charge in [-0.25, -0.2) is 0 Å². The molecule has 0 aromatic rings. The highest BCUT2D eigenvalue weighted by Gasteiger charge is 2.52. The second-order valence-corrected chi connectivity index (χ2v) is 8.48. The lowest BCUT2D eigenvalue weighted by Gasteiger charge is -2.36. The summed E-state index contributed by atoms with van der Waals surface area (Å²) in [5.41, 5.74) is -0.0946. The quantitative estimate of drug-likeness (QED) is 0.564. The Labute approximate surface area is 142 Å². The third-order valence-corrected chi connectivity index (χ3v) is 6.17. The predicted molar refractivity (Wildman–Crippen MR) is 87.8 cm³/mol. The van der Waals surface area contributed by atoms with Crippen LogP contribution in [0.3, 0.4) is 0 Å². The molecule has 2 saturated heterocycles. The third-order valence-electron chi connectivity index (χ3n) is 5.00. The van der Waals surface area contributed by atoms with Gasteiger partial charge in [-0.3, -0.25) is 4.79 Å². The largest absolute Gasteiger partial charge is 0.435 e. The van der Waals surface area contributed by atoms with Crippen molar-refractivity contribution in [2.75, 3.05) is 5.75 Å². The molecule has 1 aliphatic carbocycles. The minimum Gasteiger partial charge on any atom is -0.435 e. The molecule has 2 heterocycles. The van der Waals surface area contributed by atoms with Gasteiger partial charge in [0.05, 0.1) is 11.9 Å². The van der Waals surface area contributed by atoms with Crippen LogP contribution in [0.15, 0.2) is 0 Å². The van der Waals surface area contributed by atoms with Gasteiger partial charge in [-0.05, 0) is 30.6 Å². The summed E-state index contributed by atoms with van der Waals surface area (Å²) in [6.45, 7) is 8.26. The summed E-state index contributed by atoms with van der Waals surface area (Å²) < 4.78 is 22.8. The van der Waals surface area contributed by atoms with Crippen molar-refractivity contribution in [2.45, 2.75) is 77.2 Å². The van der Waals surface area contributed by atoms with Crippen molar-refractivity contribution in [1.29, 1.82) is 0 Å². The van der Waals surface area contributed by atoms with Gasteiger partial charge in [0.2, 0.25) is 6.29 Å². The summed E-state index contributed by atoms with van der Waals surface area (Å²) in [6, 6.07) is 0. The Morgan fingerprint density at radius 1 is 1.26 bits per heavy atom. The predicted octanol–water partition coefficient (Wildman–Crippen LogP) is 3.17. The minimum absolute atomic E-state index is 0.0365. The second kappa shape index (κ2) is 7.30. The van der Waals surface area contributed by atoms with E-state index in [-0.39, 0.29) is 29.9 Å². The number of carbonyl (C=O) groups excluding carboxylic acids is 1. The molecule has 0 bridgehead atoms. The molecule has 3 fully saturated rings. The van der Waals surface area contributed by atoms with Crippen LogP contribution in [0.4, 0.5) is 0 Å². The van der Waals surface area contributed by atoms with Gasteiger partial charge in [0.15, 0.2) is 6.29 Å². The number of epoxide rings is 1. The van der Waals surface area contributed by atoms with Gasteiger partial charge < -0.3 is 18.9 Å². The van der Waals surface area contributed by atoms with Gasteiger partial charge in [0.25, 0.3) is 0 Å². The Morgan fingerprint density at radius 3 is 2.74 bits per heavy atom. The number of hydrogen-bond acceptors (Lipinski definition) is 6. The van der Waals surface area contributed by atoms with Crippen LogP contribution in [0.25, 0.3) is 0 Å². The zero-order valence-electron chi connectivity index (χ0n) is 14.4. The number of rotatable bonds is 5. The van der Waals surface area contributed by atoms with Crippen LogP contribution < -0.4 is 0 Å². The molecule has 2 aliphatic heterocycles. The molecule has 7 atom stereocenters. The van der Waals surface area contributed by atoms with Crippen LogP contribution >= 0.6 is 11.8 Å². The van der Waals surface area contributed by atoms with E-state index >= 15 is 0 Å². The van der Waals surface area contributed by atoms with Crippen LogP contribution in [0.1, 0.15) is 47.0 Å². The summed E-state index contributed by atoms with van der Waals surface area (Å²) in [5.74, 6) is 2.32. The highest BCUT2D eigenvalue weighted by Crippen LogP contribution is 2.43. The fourth-order valence-corrected chi connectivity index (χ4v) is 4.75.